The summed E-state index contributed by atoms with van der Waals surface area (Å²) in [4.78, 5) is 16.8. The zero-order chi connectivity index (χ0) is 31.9. The lowest BCUT2D eigenvalue weighted by molar-refractivity contribution is 0.0492. The van der Waals surface area contributed by atoms with Gasteiger partial charge in [-0.2, -0.15) is 5.10 Å². The highest BCUT2D eigenvalue weighted by atomic mass is 35.5. The fraction of sp³-hybridized carbons (Fsp3) is 0.364. The molecule has 0 atom stereocenters. The summed E-state index contributed by atoms with van der Waals surface area (Å²) in [6.45, 7) is 7.73. The van der Waals surface area contributed by atoms with E-state index in [4.69, 9.17) is 31.5 Å². The standard InChI is InChI=1S/C33H36ClFN6O4/c1-18-23(10-12-28-30(18)44-17-43-28)19-13-27-29(38-21-6-8-22(9-7-21)39-32(42)45-33(2,3)4)24(15-37-41(27)16-19)31(36)40-26-14-20(35)5-11-25(26)34/h5,10-16,21-22,38H,6-9,17H2,1-4H3,(H2,36,40)(H,39,42)/t21-,22-. The molecule has 4 aromatic rings. The predicted octanol–water partition coefficient (Wildman–Crippen LogP) is 7.12. The van der Waals surface area contributed by atoms with Gasteiger partial charge >= 0.3 is 6.09 Å². The van der Waals surface area contributed by atoms with Crippen LogP contribution in [0, 0.1) is 12.7 Å². The van der Waals surface area contributed by atoms with E-state index in [0.717, 1.165) is 65.1 Å². The van der Waals surface area contributed by atoms with E-state index in [-0.39, 0.29) is 35.4 Å². The highest BCUT2D eigenvalue weighted by molar-refractivity contribution is 6.33. The van der Waals surface area contributed by atoms with Crippen LogP contribution >= 0.6 is 11.6 Å². The summed E-state index contributed by atoms with van der Waals surface area (Å²) < 4.78 is 32.5. The molecule has 6 rings (SSSR count). The van der Waals surface area contributed by atoms with E-state index in [1.165, 1.54) is 18.2 Å². The smallest absolute Gasteiger partial charge is 0.407 e. The molecule has 2 aliphatic rings. The van der Waals surface area contributed by atoms with Gasteiger partial charge in [0.25, 0.3) is 0 Å². The molecule has 1 aliphatic heterocycles. The molecule has 45 heavy (non-hydrogen) atoms. The molecule has 10 nitrogen and oxygen atoms in total. The van der Waals surface area contributed by atoms with Gasteiger partial charge in [-0.1, -0.05) is 17.7 Å². The van der Waals surface area contributed by atoms with Crippen LogP contribution in [-0.2, 0) is 4.74 Å². The fourth-order valence-electron chi connectivity index (χ4n) is 5.80. The number of nitrogens with zero attached hydrogens (tertiary/aromatic N) is 3. The predicted molar refractivity (Wildman–Crippen MR) is 172 cm³/mol. The molecule has 2 aromatic carbocycles. The molecule has 2 aromatic heterocycles. The SMILES string of the molecule is Cc1c(-c2cc3c(N[C@H]4CC[C@H](NC(=O)OC(C)(C)C)CC4)c(C(N)=Nc4cc(F)ccc4Cl)cnn3c2)ccc2c1OCO2. The minimum atomic E-state index is -0.557. The van der Waals surface area contributed by atoms with Gasteiger partial charge in [0, 0.05) is 35.5 Å². The van der Waals surface area contributed by atoms with Gasteiger partial charge in [-0.05, 0) is 83.2 Å². The lowest BCUT2D eigenvalue weighted by atomic mass is 9.91. The Labute approximate surface area is 265 Å². The molecule has 3 heterocycles. The number of alkyl carbamates (subject to hydrolysis) is 1. The summed E-state index contributed by atoms with van der Waals surface area (Å²) in [6, 6.07) is 10.0. The van der Waals surface area contributed by atoms with Crippen molar-refractivity contribution in [3.05, 3.63) is 70.8 Å². The highest BCUT2D eigenvalue weighted by Crippen LogP contribution is 2.41. The Morgan fingerprint density at radius 1 is 1.13 bits per heavy atom. The molecule has 0 spiro atoms. The summed E-state index contributed by atoms with van der Waals surface area (Å²) in [6.07, 6.45) is 6.35. The zero-order valence-electron chi connectivity index (χ0n) is 25.6. The van der Waals surface area contributed by atoms with Crippen molar-refractivity contribution in [2.45, 2.75) is 71.1 Å². The van der Waals surface area contributed by atoms with Crippen molar-refractivity contribution in [1.29, 1.82) is 0 Å². The molecule has 1 aliphatic carbocycles. The van der Waals surface area contributed by atoms with Crippen LogP contribution in [0.2, 0.25) is 5.02 Å². The van der Waals surface area contributed by atoms with Crippen molar-refractivity contribution in [3.8, 4) is 22.6 Å². The van der Waals surface area contributed by atoms with Crippen LogP contribution in [-0.4, -0.2) is 46.0 Å². The third-order valence-corrected chi connectivity index (χ3v) is 8.28. The minimum absolute atomic E-state index is 0.0189. The number of anilines is 1. The molecule has 0 radical (unpaired) electrons. The summed E-state index contributed by atoms with van der Waals surface area (Å²) in [5, 5.41) is 11.6. The molecule has 4 N–H and O–H groups in total. The first-order chi connectivity index (χ1) is 21.4. The van der Waals surface area contributed by atoms with Crippen molar-refractivity contribution in [2.24, 2.45) is 10.7 Å². The average Bonchev–Trinajstić information content (AvgIpc) is 3.63. The molecular weight excluding hydrogens is 599 g/mol. The molecule has 1 saturated carbocycles. The van der Waals surface area contributed by atoms with Crippen molar-refractivity contribution in [1.82, 2.24) is 14.9 Å². The number of fused-ring (bicyclic) bond motifs is 2. The number of nitrogens with one attached hydrogen (secondary N) is 2. The molecule has 12 heteroatoms. The number of ether oxygens (including phenoxy) is 3. The first-order valence-electron chi connectivity index (χ1n) is 14.9. The quantitative estimate of drug-likeness (QED) is 0.152. The van der Waals surface area contributed by atoms with Gasteiger partial charge < -0.3 is 30.6 Å². The molecular formula is C33H36ClFN6O4. The number of hydrogen-bond donors (Lipinski definition) is 3. The number of aliphatic imine (C=N–C) groups is 1. The lowest BCUT2D eigenvalue weighted by Crippen LogP contribution is -2.42. The summed E-state index contributed by atoms with van der Waals surface area (Å²) >= 11 is 6.31. The Balaban J connectivity index is 1.33. The second kappa shape index (κ2) is 12.1. The van der Waals surface area contributed by atoms with Crippen LogP contribution in [0.25, 0.3) is 16.6 Å². The van der Waals surface area contributed by atoms with E-state index >= 15 is 0 Å². The van der Waals surface area contributed by atoms with Gasteiger partial charge in [-0.3, -0.25) is 0 Å². The monoisotopic (exact) mass is 634 g/mol. The van der Waals surface area contributed by atoms with Crippen molar-refractivity contribution >= 4 is 40.4 Å². The van der Waals surface area contributed by atoms with Crippen LogP contribution in [0.3, 0.4) is 0 Å². The lowest BCUT2D eigenvalue weighted by Gasteiger charge is -2.31. The third kappa shape index (κ3) is 6.63. The van der Waals surface area contributed by atoms with Crippen LogP contribution in [0.15, 0.2) is 53.8 Å². The first-order valence-corrected chi connectivity index (χ1v) is 15.3. The number of amides is 1. The van der Waals surface area contributed by atoms with Gasteiger partial charge in [0.15, 0.2) is 11.5 Å². The number of nitrogens with two attached hydrogens (primary N) is 1. The van der Waals surface area contributed by atoms with Gasteiger partial charge in [-0.15, -0.1) is 0 Å². The number of benzene rings is 2. The maximum absolute atomic E-state index is 14.0. The van der Waals surface area contributed by atoms with Crippen molar-refractivity contribution < 1.29 is 23.4 Å². The van der Waals surface area contributed by atoms with E-state index in [2.05, 4.69) is 20.7 Å². The maximum Gasteiger partial charge on any atom is 0.407 e. The van der Waals surface area contributed by atoms with Gasteiger partial charge in [0.1, 0.15) is 17.3 Å². The first kappa shape index (κ1) is 30.5. The Morgan fingerprint density at radius 3 is 2.64 bits per heavy atom. The maximum atomic E-state index is 14.0. The van der Waals surface area contributed by atoms with Gasteiger partial charge in [0.2, 0.25) is 6.79 Å². The largest absolute Gasteiger partial charge is 0.454 e. The van der Waals surface area contributed by atoms with Crippen LogP contribution in [0.1, 0.15) is 57.6 Å². The van der Waals surface area contributed by atoms with E-state index in [9.17, 15) is 9.18 Å². The number of carbonyl (C=O) groups excluding carboxylic acids is 1. The van der Waals surface area contributed by atoms with E-state index < -0.39 is 17.5 Å². The topological polar surface area (TPSA) is 124 Å². The number of amidine groups is 1. The summed E-state index contributed by atoms with van der Waals surface area (Å²) in [5.41, 5.74) is 11.2. The second-order valence-corrected chi connectivity index (χ2v) is 12.8. The molecule has 0 bridgehead atoms. The average molecular weight is 635 g/mol. The second-order valence-electron chi connectivity index (χ2n) is 12.4. The number of carbonyl (C=O) groups is 1. The molecule has 1 fully saturated rings. The van der Waals surface area contributed by atoms with Gasteiger partial charge in [0.05, 0.1) is 33.7 Å². The van der Waals surface area contributed by atoms with Crippen molar-refractivity contribution in [3.63, 3.8) is 0 Å². The Bertz CT molecular complexity index is 1790. The summed E-state index contributed by atoms with van der Waals surface area (Å²) in [5.74, 6) is 1.13. The number of rotatable bonds is 6. The third-order valence-electron chi connectivity index (χ3n) is 7.96. The van der Waals surface area contributed by atoms with Crippen LogP contribution in [0.5, 0.6) is 11.5 Å². The van der Waals surface area contributed by atoms with Gasteiger partial charge in [-0.25, -0.2) is 18.7 Å². The number of aromatic nitrogens is 2. The molecule has 236 valence electrons. The number of hydrogen-bond acceptors (Lipinski definition) is 7. The highest BCUT2D eigenvalue weighted by Gasteiger charge is 2.27. The van der Waals surface area contributed by atoms with E-state index in [0.29, 0.717) is 5.56 Å². The molecule has 0 saturated heterocycles. The van der Waals surface area contributed by atoms with Crippen molar-refractivity contribution in [2.75, 3.05) is 12.1 Å². The summed E-state index contributed by atoms with van der Waals surface area (Å²) in [7, 11) is 0. The minimum Gasteiger partial charge on any atom is -0.454 e. The Kier molecular flexibility index (Phi) is 8.22. The molecule has 1 amide bonds. The Hall–Kier alpha value is -4.51. The number of halogens is 2. The van der Waals surface area contributed by atoms with E-state index in [1.54, 1.807) is 10.7 Å². The molecule has 0 unspecified atom stereocenters. The zero-order valence-corrected chi connectivity index (χ0v) is 26.4. The normalized spacial score (nSPS) is 18.2. The van der Waals surface area contributed by atoms with E-state index in [1.807, 2.05) is 52.1 Å². The van der Waals surface area contributed by atoms with Crippen LogP contribution < -0.4 is 25.8 Å². The van der Waals surface area contributed by atoms with Crippen LogP contribution in [0.4, 0.5) is 20.6 Å². The fourth-order valence-corrected chi connectivity index (χ4v) is 5.96. The Morgan fingerprint density at radius 2 is 1.89 bits per heavy atom.